The first-order valence-corrected chi connectivity index (χ1v) is 4.83. The smallest absolute Gasteiger partial charge is 0.337 e. The van der Waals surface area contributed by atoms with Gasteiger partial charge in [0.25, 0.3) is 0 Å². The van der Waals surface area contributed by atoms with Crippen LogP contribution in [-0.4, -0.2) is 26.0 Å². The first kappa shape index (κ1) is 9.96. The Labute approximate surface area is 87.5 Å². The lowest BCUT2D eigenvalue weighted by Gasteiger charge is -2.26. The number of carbonyl (C=O) groups excluding carboxylic acids is 2. The van der Waals surface area contributed by atoms with Crippen molar-refractivity contribution in [1.29, 1.82) is 0 Å². The molecule has 4 heteroatoms. The molecule has 0 saturated heterocycles. The summed E-state index contributed by atoms with van der Waals surface area (Å²) in [5, 5.41) is 0. The third-order valence-electron chi connectivity index (χ3n) is 2.96. The van der Waals surface area contributed by atoms with Gasteiger partial charge < -0.3 is 9.47 Å². The first-order chi connectivity index (χ1) is 7.27. The van der Waals surface area contributed by atoms with Gasteiger partial charge in [-0.2, -0.15) is 0 Å². The standard InChI is InChI=1S/C11H12O4/c1-14-11(13)10-6-15-5-9-7(4-12)2-3-8(9)10/h2,4,6,8-9H,3,5H2,1H3. The highest BCUT2D eigenvalue weighted by atomic mass is 16.5. The molecule has 1 aliphatic heterocycles. The van der Waals surface area contributed by atoms with Crippen LogP contribution < -0.4 is 0 Å². The minimum Gasteiger partial charge on any atom is -0.500 e. The van der Waals surface area contributed by atoms with E-state index in [0.717, 1.165) is 11.9 Å². The summed E-state index contributed by atoms with van der Waals surface area (Å²) >= 11 is 0. The van der Waals surface area contributed by atoms with Crippen molar-refractivity contribution in [2.75, 3.05) is 13.7 Å². The van der Waals surface area contributed by atoms with Crippen molar-refractivity contribution < 1.29 is 19.1 Å². The molecule has 0 aromatic rings. The molecule has 2 atom stereocenters. The summed E-state index contributed by atoms with van der Waals surface area (Å²) in [6.07, 6.45) is 4.87. The molecule has 0 amide bonds. The molecule has 0 N–H and O–H groups in total. The second-order valence-corrected chi connectivity index (χ2v) is 3.67. The summed E-state index contributed by atoms with van der Waals surface area (Å²) in [6.45, 7) is 0.468. The Kier molecular flexibility index (Phi) is 2.58. The van der Waals surface area contributed by atoms with Gasteiger partial charge in [0.15, 0.2) is 0 Å². The molecule has 0 radical (unpaired) electrons. The molecule has 1 heterocycles. The van der Waals surface area contributed by atoms with Crippen LogP contribution in [-0.2, 0) is 19.1 Å². The Hall–Kier alpha value is -1.58. The number of hydrogen-bond donors (Lipinski definition) is 0. The van der Waals surface area contributed by atoms with Crippen LogP contribution >= 0.6 is 0 Å². The van der Waals surface area contributed by atoms with Gasteiger partial charge in [0.05, 0.1) is 25.6 Å². The summed E-state index contributed by atoms with van der Waals surface area (Å²) in [7, 11) is 1.34. The monoisotopic (exact) mass is 208 g/mol. The molecular formula is C11H12O4. The lowest BCUT2D eigenvalue weighted by molar-refractivity contribution is -0.137. The van der Waals surface area contributed by atoms with E-state index in [1.807, 2.05) is 6.08 Å². The zero-order valence-corrected chi connectivity index (χ0v) is 8.43. The van der Waals surface area contributed by atoms with Gasteiger partial charge in [-0.1, -0.05) is 6.08 Å². The van der Waals surface area contributed by atoms with Gasteiger partial charge in [0, 0.05) is 11.8 Å². The van der Waals surface area contributed by atoms with Crippen LogP contribution in [0.5, 0.6) is 0 Å². The summed E-state index contributed by atoms with van der Waals surface area (Å²) in [5.74, 6) is -0.307. The number of methoxy groups -OCH3 is 1. The van der Waals surface area contributed by atoms with Gasteiger partial charge in [-0.15, -0.1) is 0 Å². The lowest BCUT2D eigenvalue weighted by Crippen LogP contribution is -2.27. The Morgan fingerprint density at radius 3 is 3.07 bits per heavy atom. The summed E-state index contributed by atoms with van der Waals surface area (Å²) in [5.41, 5.74) is 1.26. The number of ether oxygens (including phenoxy) is 2. The highest BCUT2D eigenvalue weighted by Gasteiger charge is 2.38. The lowest BCUT2D eigenvalue weighted by atomic mass is 9.85. The van der Waals surface area contributed by atoms with E-state index in [9.17, 15) is 9.59 Å². The Bertz CT molecular complexity index is 354. The minimum absolute atomic E-state index is 0.0154. The number of fused-ring (bicyclic) bond motifs is 1. The fraction of sp³-hybridized carbons (Fsp3) is 0.455. The predicted molar refractivity (Wildman–Crippen MR) is 51.8 cm³/mol. The maximum absolute atomic E-state index is 11.4. The van der Waals surface area contributed by atoms with Crippen molar-refractivity contribution in [2.45, 2.75) is 6.42 Å². The zero-order valence-electron chi connectivity index (χ0n) is 8.43. The topological polar surface area (TPSA) is 52.6 Å². The summed E-state index contributed by atoms with van der Waals surface area (Å²) < 4.78 is 9.86. The molecule has 0 aromatic carbocycles. The Morgan fingerprint density at radius 1 is 1.60 bits per heavy atom. The van der Waals surface area contributed by atoms with Crippen molar-refractivity contribution >= 4 is 12.3 Å². The van der Waals surface area contributed by atoms with Gasteiger partial charge in [0.2, 0.25) is 0 Å². The number of allylic oxidation sites excluding steroid dienone is 1. The molecule has 0 spiro atoms. The van der Waals surface area contributed by atoms with Gasteiger partial charge in [-0.25, -0.2) is 4.79 Å². The van der Waals surface area contributed by atoms with Gasteiger partial charge >= 0.3 is 5.97 Å². The second-order valence-electron chi connectivity index (χ2n) is 3.67. The highest BCUT2D eigenvalue weighted by Crippen LogP contribution is 2.39. The van der Waals surface area contributed by atoms with E-state index in [4.69, 9.17) is 4.74 Å². The second kappa shape index (κ2) is 3.88. The molecule has 4 nitrogen and oxygen atoms in total. The normalized spacial score (nSPS) is 28.3. The van der Waals surface area contributed by atoms with Crippen molar-refractivity contribution in [3.63, 3.8) is 0 Å². The molecule has 80 valence electrons. The van der Waals surface area contributed by atoms with E-state index < -0.39 is 0 Å². The molecule has 0 fully saturated rings. The number of aldehydes is 1. The van der Waals surface area contributed by atoms with E-state index in [0.29, 0.717) is 18.6 Å². The predicted octanol–water partition coefficient (Wildman–Crippen LogP) is 0.835. The molecule has 15 heavy (non-hydrogen) atoms. The van der Waals surface area contributed by atoms with Crippen LogP contribution in [0.1, 0.15) is 6.42 Å². The average molecular weight is 208 g/mol. The van der Waals surface area contributed by atoms with E-state index in [2.05, 4.69) is 4.74 Å². The molecule has 2 unspecified atom stereocenters. The molecule has 0 saturated carbocycles. The average Bonchev–Trinajstić information content (AvgIpc) is 2.70. The van der Waals surface area contributed by atoms with E-state index in [1.54, 1.807) is 0 Å². The fourth-order valence-electron chi connectivity index (χ4n) is 2.15. The molecule has 1 aliphatic carbocycles. The van der Waals surface area contributed by atoms with Crippen molar-refractivity contribution in [3.05, 3.63) is 23.5 Å². The molecular weight excluding hydrogens is 196 g/mol. The van der Waals surface area contributed by atoms with Crippen LogP contribution in [0.3, 0.4) is 0 Å². The largest absolute Gasteiger partial charge is 0.500 e. The third kappa shape index (κ3) is 1.56. The Morgan fingerprint density at radius 2 is 2.40 bits per heavy atom. The maximum atomic E-state index is 11.4. The van der Waals surface area contributed by atoms with Gasteiger partial charge in [-0.3, -0.25) is 4.79 Å². The van der Waals surface area contributed by atoms with E-state index in [1.165, 1.54) is 13.4 Å². The van der Waals surface area contributed by atoms with Crippen LogP contribution in [0.25, 0.3) is 0 Å². The minimum atomic E-state index is -0.370. The molecule has 2 rings (SSSR count). The Balaban J connectivity index is 2.22. The first-order valence-electron chi connectivity index (χ1n) is 4.83. The SMILES string of the molecule is COC(=O)C1=COCC2C(C=O)=CCC12. The number of hydrogen-bond acceptors (Lipinski definition) is 4. The van der Waals surface area contributed by atoms with Crippen LogP contribution in [0, 0.1) is 11.8 Å². The van der Waals surface area contributed by atoms with Crippen molar-refractivity contribution in [2.24, 2.45) is 11.8 Å². The van der Waals surface area contributed by atoms with E-state index in [-0.39, 0.29) is 17.8 Å². The maximum Gasteiger partial charge on any atom is 0.337 e. The zero-order chi connectivity index (χ0) is 10.8. The van der Waals surface area contributed by atoms with Crippen molar-refractivity contribution in [3.8, 4) is 0 Å². The summed E-state index contributed by atoms with van der Waals surface area (Å²) in [6, 6.07) is 0. The highest BCUT2D eigenvalue weighted by molar-refractivity contribution is 5.90. The quantitative estimate of drug-likeness (QED) is 0.498. The fourth-order valence-corrected chi connectivity index (χ4v) is 2.15. The van der Waals surface area contributed by atoms with Crippen molar-refractivity contribution in [1.82, 2.24) is 0 Å². The van der Waals surface area contributed by atoms with Gasteiger partial charge in [0.1, 0.15) is 6.29 Å². The molecule has 0 aromatic heterocycles. The van der Waals surface area contributed by atoms with E-state index >= 15 is 0 Å². The third-order valence-corrected chi connectivity index (χ3v) is 2.96. The van der Waals surface area contributed by atoms with Crippen LogP contribution in [0.15, 0.2) is 23.5 Å². The number of carbonyl (C=O) groups is 2. The van der Waals surface area contributed by atoms with Gasteiger partial charge in [-0.05, 0) is 12.0 Å². The van der Waals surface area contributed by atoms with Crippen LogP contribution in [0.4, 0.5) is 0 Å². The summed E-state index contributed by atoms with van der Waals surface area (Å²) in [4.78, 5) is 22.2. The number of esters is 1. The molecule has 0 bridgehead atoms. The number of rotatable bonds is 2. The van der Waals surface area contributed by atoms with Crippen LogP contribution in [0.2, 0.25) is 0 Å². The molecule has 2 aliphatic rings.